The second kappa shape index (κ2) is 6.95. The minimum absolute atomic E-state index is 0.0132. The Morgan fingerprint density at radius 1 is 1.19 bits per heavy atom. The molecule has 0 radical (unpaired) electrons. The summed E-state index contributed by atoms with van der Waals surface area (Å²) in [6.45, 7) is -0.508. The van der Waals surface area contributed by atoms with E-state index in [2.05, 4.69) is 10.3 Å². The van der Waals surface area contributed by atoms with Crippen molar-refractivity contribution in [1.82, 2.24) is 4.98 Å². The Hall–Kier alpha value is -2.43. The summed E-state index contributed by atoms with van der Waals surface area (Å²) < 4.78 is 83.8. The first-order chi connectivity index (χ1) is 12.5. The minimum Gasteiger partial charge on any atom is -0.449 e. The van der Waals surface area contributed by atoms with Gasteiger partial charge in [-0.05, 0) is 18.6 Å². The predicted octanol–water partition coefficient (Wildman–Crippen LogP) is 4.15. The Labute approximate surface area is 150 Å². The van der Waals surface area contributed by atoms with E-state index in [4.69, 9.17) is 10.2 Å². The van der Waals surface area contributed by atoms with Gasteiger partial charge in [0.15, 0.2) is 5.88 Å². The van der Waals surface area contributed by atoms with Crippen molar-refractivity contribution in [2.24, 2.45) is 11.7 Å². The van der Waals surface area contributed by atoms with Gasteiger partial charge in [-0.2, -0.15) is 26.3 Å². The van der Waals surface area contributed by atoms with Crippen LogP contribution in [0.1, 0.15) is 12.1 Å². The second-order valence-electron chi connectivity index (χ2n) is 6.33. The molecular weight excluding hydrogens is 378 g/mol. The molecule has 5 nitrogen and oxygen atoms in total. The van der Waals surface area contributed by atoms with Crippen LogP contribution in [0.25, 0.3) is 0 Å². The number of piperidine rings is 1. The van der Waals surface area contributed by atoms with Crippen LogP contribution in [0.4, 0.5) is 43.6 Å². The summed E-state index contributed by atoms with van der Waals surface area (Å²) in [6, 6.07) is 2.96. The molecule has 2 aromatic heterocycles. The maximum atomic E-state index is 13.2. The number of hydrogen-bond acceptors (Lipinski definition) is 5. The van der Waals surface area contributed by atoms with E-state index in [0.29, 0.717) is 0 Å². The molecule has 1 fully saturated rings. The highest BCUT2D eigenvalue weighted by molar-refractivity contribution is 5.73. The molecule has 1 aliphatic rings. The van der Waals surface area contributed by atoms with E-state index in [0.717, 1.165) is 12.3 Å². The molecule has 0 aromatic carbocycles. The molecule has 2 aromatic rings. The van der Waals surface area contributed by atoms with Crippen LogP contribution < -0.4 is 16.0 Å². The van der Waals surface area contributed by atoms with Crippen molar-refractivity contribution in [3.05, 3.63) is 36.4 Å². The molecule has 2 atom stereocenters. The van der Waals surface area contributed by atoms with Crippen molar-refractivity contribution in [1.29, 1.82) is 0 Å². The summed E-state index contributed by atoms with van der Waals surface area (Å²) in [6.07, 6.45) is -7.25. The van der Waals surface area contributed by atoms with E-state index in [1.165, 1.54) is 17.2 Å². The summed E-state index contributed by atoms with van der Waals surface area (Å²) in [4.78, 5) is 4.57. The first-order valence-electron chi connectivity index (χ1n) is 7.99. The topological polar surface area (TPSA) is 67.3 Å². The number of nitrogens with two attached hydrogens (primary N) is 1. The summed E-state index contributed by atoms with van der Waals surface area (Å²) in [5.74, 6) is -1.52. The number of rotatable bonds is 3. The van der Waals surface area contributed by atoms with Crippen LogP contribution in [-0.4, -0.2) is 30.3 Å². The first-order valence-corrected chi connectivity index (χ1v) is 7.99. The Kier molecular flexibility index (Phi) is 4.98. The van der Waals surface area contributed by atoms with Crippen molar-refractivity contribution < 1.29 is 30.8 Å². The van der Waals surface area contributed by atoms with Crippen LogP contribution in [0.3, 0.4) is 0 Å². The van der Waals surface area contributed by atoms with Gasteiger partial charge in [0.05, 0.1) is 29.8 Å². The lowest BCUT2D eigenvalue weighted by Gasteiger charge is -2.39. The third-order valence-electron chi connectivity index (χ3n) is 4.24. The molecule has 3 rings (SSSR count). The van der Waals surface area contributed by atoms with Crippen LogP contribution in [-0.2, 0) is 6.18 Å². The number of alkyl halides is 6. The number of anilines is 3. The van der Waals surface area contributed by atoms with Gasteiger partial charge in [-0.25, -0.2) is 4.98 Å². The van der Waals surface area contributed by atoms with Gasteiger partial charge < -0.3 is 20.4 Å². The highest BCUT2D eigenvalue weighted by atomic mass is 19.4. The Morgan fingerprint density at radius 3 is 2.52 bits per heavy atom. The van der Waals surface area contributed by atoms with Crippen molar-refractivity contribution in [2.45, 2.75) is 24.8 Å². The maximum Gasteiger partial charge on any atom is 0.433 e. The van der Waals surface area contributed by atoms with Gasteiger partial charge in [0.25, 0.3) is 0 Å². The fourth-order valence-electron chi connectivity index (χ4n) is 3.01. The third-order valence-corrected chi connectivity index (χ3v) is 4.24. The highest BCUT2D eigenvalue weighted by Crippen LogP contribution is 2.39. The molecule has 0 aliphatic carbocycles. The van der Waals surface area contributed by atoms with Gasteiger partial charge in [-0.3, -0.25) is 0 Å². The lowest BCUT2D eigenvalue weighted by molar-refractivity contribution is -0.177. The minimum atomic E-state index is -4.74. The highest BCUT2D eigenvalue weighted by Gasteiger charge is 2.44. The lowest BCUT2D eigenvalue weighted by atomic mass is 9.93. The smallest absolute Gasteiger partial charge is 0.433 e. The molecule has 11 heteroatoms. The number of nitrogens with one attached hydrogen (secondary N) is 1. The number of hydrogen-bond donors (Lipinski definition) is 2. The van der Waals surface area contributed by atoms with Crippen LogP contribution in [0.2, 0.25) is 0 Å². The normalized spacial score (nSPS) is 21.4. The fourth-order valence-corrected chi connectivity index (χ4v) is 3.01. The van der Waals surface area contributed by atoms with E-state index in [9.17, 15) is 26.3 Å². The zero-order valence-electron chi connectivity index (χ0n) is 13.8. The van der Waals surface area contributed by atoms with Gasteiger partial charge in [0.1, 0.15) is 5.69 Å². The largest absolute Gasteiger partial charge is 0.449 e. The zero-order chi connectivity index (χ0) is 19.8. The molecule has 1 aliphatic heterocycles. The Balaban J connectivity index is 1.99. The molecule has 0 bridgehead atoms. The number of nitrogens with zero attached hydrogens (tertiary/aromatic N) is 2. The van der Waals surface area contributed by atoms with E-state index < -0.39 is 36.6 Å². The van der Waals surface area contributed by atoms with Crippen molar-refractivity contribution in [3.63, 3.8) is 0 Å². The van der Waals surface area contributed by atoms with Crippen LogP contribution in [0.5, 0.6) is 0 Å². The molecule has 0 spiro atoms. The second-order valence-corrected chi connectivity index (χ2v) is 6.33. The average molecular weight is 394 g/mol. The summed E-state index contributed by atoms with van der Waals surface area (Å²) in [7, 11) is 0. The van der Waals surface area contributed by atoms with Crippen LogP contribution >= 0.6 is 0 Å². The lowest BCUT2D eigenvalue weighted by Crippen LogP contribution is -2.51. The monoisotopic (exact) mass is 394 g/mol. The van der Waals surface area contributed by atoms with Gasteiger partial charge in [0.2, 0.25) is 0 Å². The van der Waals surface area contributed by atoms with Crippen molar-refractivity contribution in [2.75, 3.05) is 23.3 Å². The van der Waals surface area contributed by atoms with Gasteiger partial charge >= 0.3 is 12.4 Å². The third kappa shape index (κ3) is 4.46. The zero-order valence-corrected chi connectivity index (χ0v) is 13.8. The number of halogens is 6. The van der Waals surface area contributed by atoms with Crippen molar-refractivity contribution >= 4 is 17.3 Å². The molecule has 0 amide bonds. The predicted molar refractivity (Wildman–Crippen MR) is 85.6 cm³/mol. The average Bonchev–Trinajstić information content (AvgIpc) is 3.06. The number of pyridine rings is 1. The van der Waals surface area contributed by atoms with Crippen LogP contribution in [0.15, 0.2) is 35.1 Å². The van der Waals surface area contributed by atoms with E-state index in [-0.39, 0.29) is 30.2 Å². The Morgan fingerprint density at radius 2 is 1.93 bits per heavy atom. The standard InChI is InChI=1S/C16H16F6N4O/c17-15(18,19)9-4-10(23)8-26(7-9)12-5-13(16(20,21)22)24-6-11(12)25-14-2-1-3-27-14/h1-3,5-6,9-10,25H,4,7-8,23H2. The maximum absolute atomic E-state index is 13.2. The molecule has 2 unspecified atom stereocenters. The van der Waals surface area contributed by atoms with E-state index in [1.54, 1.807) is 6.07 Å². The first kappa shape index (κ1) is 19.3. The van der Waals surface area contributed by atoms with E-state index in [1.807, 2.05) is 0 Å². The molecular formula is C16H16F6N4O. The number of aromatic nitrogens is 1. The molecule has 148 valence electrons. The summed E-state index contributed by atoms with van der Waals surface area (Å²) >= 11 is 0. The van der Waals surface area contributed by atoms with Gasteiger partial charge in [-0.15, -0.1) is 0 Å². The van der Waals surface area contributed by atoms with E-state index >= 15 is 0 Å². The Bertz CT molecular complexity index is 774. The summed E-state index contributed by atoms with van der Waals surface area (Å²) in [5, 5.41) is 2.74. The molecule has 27 heavy (non-hydrogen) atoms. The SMILES string of the molecule is NC1CC(C(F)(F)F)CN(c2cc(C(F)(F)F)ncc2Nc2ccco2)C1. The molecule has 3 heterocycles. The molecule has 0 saturated carbocycles. The van der Waals surface area contributed by atoms with Gasteiger partial charge in [0, 0.05) is 25.2 Å². The fraction of sp³-hybridized carbons (Fsp3) is 0.438. The number of furan rings is 1. The van der Waals surface area contributed by atoms with Gasteiger partial charge in [-0.1, -0.05) is 0 Å². The van der Waals surface area contributed by atoms with Crippen molar-refractivity contribution in [3.8, 4) is 0 Å². The summed E-state index contributed by atoms with van der Waals surface area (Å²) in [5.41, 5.74) is 4.56. The quantitative estimate of drug-likeness (QED) is 0.766. The molecule has 1 saturated heterocycles. The molecule has 3 N–H and O–H groups in total. The van der Waals surface area contributed by atoms with Crippen LogP contribution in [0, 0.1) is 5.92 Å².